The first-order valence-corrected chi connectivity index (χ1v) is 12.9. The van der Waals surface area contributed by atoms with E-state index in [1.165, 1.54) is 16.9 Å². The van der Waals surface area contributed by atoms with Gasteiger partial charge in [-0.25, -0.2) is 0 Å². The summed E-state index contributed by atoms with van der Waals surface area (Å²) in [4.78, 5) is 18.4. The van der Waals surface area contributed by atoms with Gasteiger partial charge in [-0.1, -0.05) is 36.4 Å². The number of likely N-dealkylation sites (N-methyl/N-ethyl adjacent to an activating group) is 1. The largest absolute Gasteiger partial charge is 0.502 e. The molecule has 1 amide bonds. The van der Waals surface area contributed by atoms with Crippen LogP contribution in [0.3, 0.4) is 0 Å². The lowest BCUT2D eigenvalue weighted by Crippen LogP contribution is -2.47. The fourth-order valence-electron chi connectivity index (χ4n) is 4.99. The van der Waals surface area contributed by atoms with Crippen LogP contribution in [-0.4, -0.2) is 61.2 Å². The number of carbonyl (C=O) groups excluding carboxylic acids is 1. The highest BCUT2D eigenvalue weighted by Gasteiger charge is 2.32. The fourth-order valence-corrected chi connectivity index (χ4v) is 5.70. The van der Waals surface area contributed by atoms with E-state index in [1.807, 2.05) is 47.7 Å². The molecule has 1 saturated heterocycles. The number of amides is 1. The van der Waals surface area contributed by atoms with E-state index in [-0.39, 0.29) is 17.7 Å². The van der Waals surface area contributed by atoms with Crippen LogP contribution in [0.15, 0.2) is 60.0 Å². The van der Waals surface area contributed by atoms with Crippen molar-refractivity contribution < 1.29 is 19.4 Å². The quantitative estimate of drug-likeness (QED) is 0.450. The number of phenols is 1. The number of aromatic hydroxyl groups is 1. The van der Waals surface area contributed by atoms with Crippen molar-refractivity contribution in [1.82, 2.24) is 9.80 Å². The fraction of sp³-hybridized carbons (Fsp3) is 0.393. The van der Waals surface area contributed by atoms with E-state index < -0.39 is 0 Å². The highest BCUT2D eigenvalue weighted by Crippen LogP contribution is 2.38. The molecule has 0 spiro atoms. The summed E-state index contributed by atoms with van der Waals surface area (Å²) in [5.74, 6) is 1.40. The molecule has 7 heteroatoms. The zero-order valence-electron chi connectivity index (χ0n) is 20.6. The van der Waals surface area contributed by atoms with Gasteiger partial charge in [-0.05, 0) is 73.0 Å². The van der Waals surface area contributed by atoms with Crippen LogP contribution in [0.4, 0.5) is 0 Å². The Morgan fingerprint density at radius 3 is 2.29 bits per heavy atom. The summed E-state index contributed by atoms with van der Waals surface area (Å²) in [5, 5.41) is 12.2. The van der Waals surface area contributed by atoms with Gasteiger partial charge in [-0.15, -0.1) is 11.3 Å². The number of piperidine rings is 1. The van der Waals surface area contributed by atoms with Crippen molar-refractivity contribution in [3.05, 3.63) is 76.0 Å². The summed E-state index contributed by atoms with van der Waals surface area (Å²) in [7, 11) is 5.05. The number of methoxy groups -OCH3 is 2. The third-order valence-electron chi connectivity index (χ3n) is 6.96. The molecule has 1 fully saturated rings. The lowest BCUT2D eigenvalue weighted by atomic mass is 9.84. The summed E-state index contributed by atoms with van der Waals surface area (Å²) in [6.07, 6.45) is 2.89. The van der Waals surface area contributed by atoms with E-state index in [2.05, 4.69) is 29.2 Å². The number of nitrogens with zero attached hydrogens (tertiary/aromatic N) is 2. The topological polar surface area (TPSA) is 62.2 Å². The normalized spacial score (nSPS) is 15.5. The van der Waals surface area contributed by atoms with Crippen LogP contribution >= 0.6 is 11.3 Å². The zero-order valence-corrected chi connectivity index (χ0v) is 21.5. The Morgan fingerprint density at radius 2 is 1.71 bits per heavy atom. The smallest absolute Gasteiger partial charge is 0.263 e. The van der Waals surface area contributed by atoms with Crippen molar-refractivity contribution in [3.8, 4) is 17.2 Å². The summed E-state index contributed by atoms with van der Waals surface area (Å²) in [6, 6.07) is 18.2. The van der Waals surface area contributed by atoms with Crippen molar-refractivity contribution in [1.29, 1.82) is 0 Å². The molecule has 4 rings (SSSR count). The number of ether oxygens (including phenoxy) is 2. The molecular formula is C28H34N2O4S. The molecule has 6 nitrogen and oxygen atoms in total. The van der Waals surface area contributed by atoms with Crippen molar-refractivity contribution in [2.75, 3.05) is 34.4 Å². The molecule has 35 heavy (non-hydrogen) atoms. The molecule has 186 valence electrons. The van der Waals surface area contributed by atoms with Gasteiger partial charge < -0.3 is 19.5 Å². The second kappa shape index (κ2) is 11.6. The number of likely N-dealkylation sites (tertiary alicyclic amines) is 1. The zero-order chi connectivity index (χ0) is 24.8. The molecule has 0 aliphatic carbocycles. The van der Waals surface area contributed by atoms with Gasteiger partial charge in [0.25, 0.3) is 5.91 Å². The van der Waals surface area contributed by atoms with E-state index in [0.29, 0.717) is 17.4 Å². The first-order chi connectivity index (χ1) is 17.0. The highest BCUT2D eigenvalue weighted by atomic mass is 32.1. The third kappa shape index (κ3) is 5.97. The standard InChI is InChI=1S/C28H34N2O4S/c1-29(28(32)26-10-7-15-35-26)23(16-20-8-5-4-6-9-20)22-11-13-30(14-12-22)19-21-17-24(33-2)27(31)25(18-21)34-3/h4-10,15,17-18,22-23,31H,11-14,16,19H2,1-3H3/t23-/m0/s1. The first-order valence-electron chi connectivity index (χ1n) is 12.0. The molecule has 1 atom stereocenters. The monoisotopic (exact) mass is 494 g/mol. The van der Waals surface area contributed by atoms with Crippen molar-refractivity contribution in [3.63, 3.8) is 0 Å². The number of rotatable bonds is 9. The number of carbonyl (C=O) groups is 1. The Bertz CT molecular complexity index is 1070. The van der Waals surface area contributed by atoms with E-state index in [9.17, 15) is 9.90 Å². The van der Waals surface area contributed by atoms with E-state index in [4.69, 9.17) is 9.47 Å². The summed E-state index contributed by atoms with van der Waals surface area (Å²) in [5.41, 5.74) is 2.30. The lowest BCUT2D eigenvalue weighted by Gasteiger charge is -2.40. The van der Waals surface area contributed by atoms with E-state index in [1.54, 1.807) is 14.2 Å². The first kappa shape index (κ1) is 25.1. The molecule has 0 bridgehead atoms. The molecule has 3 aromatic rings. The number of hydrogen-bond acceptors (Lipinski definition) is 6. The van der Waals surface area contributed by atoms with Crippen molar-refractivity contribution in [2.45, 2.75) is 31.8 Å². The Kier molecular flexibility index (Phi) is 8.31. The highest BCUT2D eigenvalue weighted by molar-refractivity contribution is 7.12. The average molecular weight is 495 g/mol. The number of phenolic OH excluding ortho intramolecular Hbond substituents is 1. The van der Waals surface area contributed by atoms with Gasteiger partial charge in [0.2, 0.25) is 5.75 Å². The average Bonchev–Trinajstić information content (AvgIpc) is 3.43. The van der Waals surface area contributed by atoms with Gasteiger partial charge in [0.1, 0.15) is 0 Å². The summed E-state index contributed by atoms with van der Waals surface area (Å²) in [6.45, 7) is 2.65. The van der Waals surface area contributed by atoms with Crippen LogP contribution < -0.4 is 9.47 Å². The van der Waals surface area contributed by atoms with Crippen LogP contribution in [-0.2, 0) is 13.0 Å². The Balaban J connectivity index is 1.45. The predicted octanol–water partition coefficient (Wildman–Crippen LogP) is 5.07. The van der Waals surface area contributed by atoms with Crippen LogP contribution in [0, 0.1) is 5.92 Å². The van der Waals surface area contributed by atoms with Crippen LogP contribution in [0.5, 0.6) is 17.2 Å². The van der Waals surface area contributed by atoms with Crippen molar-refractivity contribution >= 4 is 17.2 Å². The Morgan fingerprint density at radius 1 is 1.06 bits per heavy atom. The summed E-state index contributed by atoms with van der Waals surface area (Å²) < 4.78 is 10.6. The van der Waals surface area contributed by atoms with Gasteiger partial charge in [-0.3, -0.25) is 9.69 Å². The molecule has 2 aromatic carbocycles. The molecule has 1 aromatic heterocycles. The SMILES string of the molecule is COc1cc(CN2CCC([C@H](Cc3ccccc3)N(C)C(=O)c3cccs3)CC2)cc(OC)c1O. The second-order valence-corrected chi connectivity index (χ2v) is 10.1. The molecule has 1 aliphatic rings. The molecule has 1 N–H and O–H groups in total. The summed E-state index contributed by atoms with van der Waals surface area (Å²) >= 11 is 1.50. The maximum atomic E-state index is 13.2. The molecule has 1 aliphatic heterocycles. The Labute approximate surface area is 211 Å². The second-order valence-electron chi connectivity index (χ2n) is 9.11. The van der Waals surface area contributed by atoms with Crippen LogP contribution in [0.2, 0.25) is 0 Å². The molecular weight excluding hydrogens is 460 g/mol. The van der Waals surface area contributed by atoms with E-state index >= 15 is 0 Å². The van der Waals surface area contributed by atoms with Gasteiger partial charge >= 0.3 is 0 Å². The molecule has 2 heterocycles. The minimum Gasteiger partial charge on any atom is -0.502 e. The molecule has 0 saturated carbocycles. The molecule has 0 radical (unpaired) electrons. The number of thiophene rings is 1. The minimum atomic E-state index is 0.0275. The Hall–Kier alpha value is -3.03. The third-order valence-corrected chi connectivity index (χ3v) is 7.82. The van der Waals surface area contributed by atoms with E-state index in [0.717, 1.165) is 49.3 Å². The van der Waals surface area contributed by atoms with Crippen LogP contribution in [0.1, 0.15) is 33.6 Å². The van der Waals surface area contributed by atoms with Gasteiger partial charge in [0.05, 0.1) is 19.1 Å². The van der Waals surface area contributed by atoms with Gasteiger partial charge in [0.15, 0.2) is 11.5 Å². The minimum absolute atomic E-state index is 0.0275. The number of benzene rings is 2. The van der Waals surface area contributed by atoms with Crippen LogP contribution in [0.25, 0.3) is 0 Å². The van der Waals surface area contributed by atoms with Gasteiger partial charge in [0, 0.05) is 19.6 Å². The number of hydrogen-bond donors (Lipinski definition) is 1. The maximum Gasteiger partial charge on any atom is 0.263 e. The molecule has 0 unspecified atom stereocenters. The van der Waals surface area contributed by atoms with Crippen molar-refractivity contribution in [2.24, 2.45) is 5.92 Å². The lowest BCUT2D eigenvalue weighted by molar-refractivity contribution is 0.0589. The van der Waals surface area contributed by atoms with Gasteiger partial charge in [-0.2, -0.15) is 0 Å². The predicted molar refractivity (Wildman–Crippen MR) is 140 cm³/mol. The maximum absolute atomic E-state index is 13.2.